The lowest BCUT2D eigenvalue weighted by atomic mass is 10.2. The molecular formula is C17H14F3N5OS. The predicted molar refractivity (Wildman–Crippen MR) is 93.5 cm³/mol. The van der Waals surface area contributed by atoms with Crippen molar-refractivity contribution in [2.75, 3.05) is 0 Å². The van der Waals surface area contributed by atoms with Crippen LogP contribution in [0.25, 0.3) is 16.2 Å². The number of hydrogen-bond acceptors (Lipinski definition) is 5. The first kappa shape index (κ1) is 18.8. The second kappa shape index (κ2) is 6.66. The van der Waals surface area contributed by atoms with Gasteiger partial charge in [0, 0.05) is 10.6 Å². The van der Waals surface area contributed by atoms with Crippen LogP contribution in [0.3, 0.4) is 0 Å². The monoisotopic (exact) mass is 393 g/mol. The number of thiophene rings is 1. The molecule has 0 aromatic carbocycles. The summed E-state index contributed by atoms with van der Waals surface area (Å²) in [6.07, 6.45) is -3.37. The Bertz CT molecular complexity index is 1080. The van der Waals surface area contributed by atoms with Gasteiger partial charge in [0.2, 0.25) is 0 Å². The minimum Gasteiger partial charge on any atom is -0.340 e. The predicted octanol–water partition coefficient (Wildman–Crippen LogP) is 3.63. The Morgan fingerprint density at radius 3 is 2.70 bits per heavy atom. The lowest BCUT2D eigenvalue weighted by Gasteiger charge is -2.16. The molecule has 10 heteroatoms. The zero-order chi connectivity index (χ0) is 19.9. The van der Waals surface area contributed by atoms with E-state index in [0.29, 0.717) is 21.8 Å². The normalized spacial score (nSPS) is 12.8. The fourth-order valence-corrected chi connectivity index (χ4v) is 3.46. The molecule has 0 aliphatic carbocycles. The van der Waals surface area contributed by atoms with Crippen molar-refractivity contribution in [3.63, 3.8) is 0 Å². The van der Waals surface area contributed by atoms with Crippen LogP contribution in [0.1, 0.15) is 33.4 Å². The smallest absolute Gasteiger partial charge is 0.340 e. The van der Waals surface area contributed by atoms with Crippen molar-refractivity contribution in [2.45, 2.75) is 33.0 Å². The standard InChI is InChI=1S/C17H14F3N5OS/c1-8-4-13(14-11(6-21)5-9(2)27-14)24-15-12(7-22-25(8)15)16(26)23-10(3)17(18,19)20/h4-5,7,10H,1-3H3,(H,23,26). The van der Waals surface area contributed by atoms with Gasteiger partial charge in [-0.3, -0.25) is 4.79 Å². The molecule has 1 atom stereocenters. The molecule has 27 heavy (non-hydrogen) atoms. The minimum absolute atomic E-state index is 0.0668. The van der Waals surface area contributed by atoms with Gasteiger partial charge in [-0.05, 0) is 32.9 Å². The first-order valence-electron chi connectivity index (χ1n) is 7.85. The summed E-state index contributed by atoms with van der Waals surface area (Å²) in [4.78, 5) is 18.3. The Morgan fingerprint density at radius 2 is 2.07 bits per heavy atom. The number of aromatic nitrogens is 3. The molecule has 0 bridgehead atoms. The first-order chi connectivity index (χ1) is 12.6. The number of nitriles is 1. The van der Waals surface area contributed by atoms with Crippen molar-refractivity contribution in [3.05, 3.63) is 40.0 Å². The Balaban J connectivity index is 2.08. The van der Waals surface area contributed by atoms with E-state index in [1.54, 1.807) is 19.1 Å². The van der Waals surface area contributed by atoms with Crippen LogP contribution in [0.4, 0.5) is 13.2 Å². The topological polar surface area (TPSA) is 83.1 Å². The second-order valence-electron chi connectivity index (χ2n) is 6.02. The molecule has 1 amide bonds. The number of nitrogens with zero attached hydrogens (tertiary/aromatic N) is 4. The summed E-state index contributed by atoms with van der Waals surface area (Å²) in [6.45, 7) is 4.45. The summed E-state index contributed by atoms with van der Waals surface area (Å²) < 4.78 is 39.5. The molecule has 3 heterocycles. The van der Waals surface area contributed by atoms with Crippen LogP contribution in [0.15, 0.2) is 18.3 Å². The maximum Gasteiger partial charge on any atom is 0.408 e. The number of halogens is 3. The van der Waals surface area contributed by atoms with Gasteiger partial charge in [0.1, 0.15) is 17.7 Å². The zero-order valence-corrected chi connectivity index (χ0v) is 15.4. The van der Waals surface area contributed by atoms with Crippen molar-refractivity contribution < 1.29 is 18.0 Å². The molecule has 140 valence electrons. The molecule has 3 rings (SSSR count). The van der Waals surface area contributed by atoms with Gasteiger partial charge >= 0.3 is 6.18 Å². The number of hydrogen-bond donors (Lipinski definition) is 1. The van der Waals surface area contributed by atoms with Gasteiger partial charge in [-0.2, -0.15) is 23.5 Å². The van der Waals surface area contributed by atoms with Crippen molar-refractivity contribution in [1.29, 1.82) is 5.26 Å². The van der Waals surface area contributed by atoms with Gasteiger partial charge in [-0.15, -0.1) is 11.3 Å². The largest absolute Gasteiger partial charge is 0.408 e. The zero-order valence-electron chi connectivity index (χ0n) is 14.5. The molecule has 1 N–H and O–H groups in total. The van der Waals surface area contributed by atoms with Crippen LogP contribution in [-0.4, -0.2) is 32.7 Å². The highest BCUT2D eigenvalue weighted by Gasteiger charge is 2.37. The average Bonchev–Trinajstić information content (AvgIpc) is 3.17. The molecule has 0 saturated heterocycles. The van der Waals surface area contributed by atoms with Crippen molar-refractivity contribution in [1.82, 2.24) is 19.9 Å². The molecule has 0 fully saturated rings. The summed E-state index contributed by atoms with van der Waals surface area (Å²) in [7, 11) is 0. The van der Waals surface area contributed by atoms with E-state index in [-0.39, 0.29) is 11.2 Å². The van der Waals surface area contributed by atoms with Crippen molar-refractivity contribution in [2.24, 2.45) is 0 Å². The Morgan fingerprint density at radius 1 is 1.37 bits per heavy atom. The number of amides is 1. The van der Waals surface area contributed by atoms with Gasteiger partial charge in [0.05, 0.1) is 22.3 Å². The van der Waals surface area contributed by atoms with Crippen LogP contribution in [0.2, 0.25) is 0 Å². The van der Waals surface area contributed by atoms with Crippen LogP contribution in [0.5, 0.6) is 0 Å². The number of carbonyl (C=O) groups is 1. The molecule has 0 aliphatic heterocycles. The van der Waals surface area contributed by atoms with E-state index in [0.717, 1.165) is 11.8 Å². The van der Waals surface area contributed by atoms with E-state index >= 15 is 0 Å². The van der Waals surface area contributed by atoms with E-state index < -0.39 is 18.1 Å². The third-order valence-electron chi connectivity index (χ3n) is 3.94. The van der Waals surface area contributed by atoms with E-state index in [1.165, 1.54) is 22.0 Å². The summed E-state index contributed by atoms with van der Waals surface area (Å²) in [5.74, 6) is -0.915. The number of alkyl halides is 3. The van der Waals surface area contributed by atoms with E-state index in [9.17, 15) is 23.2 Å². The third kappa shape index (κ3) is 3.50. The van der Waals surface area contributed by atoms with E-state index in [4.69, 9.17) is 0 Å². The molecule has 0 radical (unpaired) electrons. The molecule has 0 saturated carbocycles. The summed E-state index contributed by atoms with van der Waals surface area (Å²) in [6, 6.07) is 3.54. The van der Waals surface area contributed by atoms with Gasteiger partial charge < -0.3 is 5.32 Å². The van der Waals surface area contributed by atoms with E-state index in [1.807, 2.05) is 12.2 Å². The van der Waals surface area contributed by atoms with Crippen LogP contribution >= 0.6 is 11.3 Å². The Labute approximate surface area is 156 Å². The van der Waals surface area contributed by atoms with Crippen LogP contribution < -0.4 is 5.32 Å². The highest BCUT2D eigenvalue weighted by atomic mass is 32.1. The second-order valence-corrected chi connectivity index (χ2v) is 7.28. The number of nitrogens with one attached hydrogen (secondary N) is 1. The Kier molecular flexibility index (Phi) is 4.65. The van der Waals surface area contributed by atoms with Crippen molar-refractivity contribution >= 4 is 22.9 Å². The van der Waals surface area contributed by atoms with Gasteiger partial charge in [0.15, 0.2) is 5.65 Å². The van der Waals surface area contributed by atoms with Gasteiger partial charge in [-0.25, -0.2) is 9.50 Å². The van der Waals surface area contributed by atoms with E-state index in [2.05, 4.69) is 16.2 Å². The van der Waals surface area contributed by atoms with Crippen molar-refractivity contribution in [3.8, 4) is 16.6 Å². The SMILES string of the molecule is Cc1cc(C#N)c(-c2cc(C)n3ncc(C(=O)NC(C)C(F)(F)F)c3n2)s1. The van der Waals surface area contributed by atoms with Crippen LogP contribution in [0, 0.1) is 25.2 Å². The Hall–Kier alpha value is -2.93. The summed E-state index contributed by atoms with van der Waals surface area (Å²) in [5, 5.41) is 15.2. The maximum absolute atomic E-state index is 12.7. The number of rotatable bonds is 3. The average molecular weight is 393 g/mol. The van der Waals surface area contributed by atoms with Gasteiger partial charge in [-0.1, -0.05) is 0 Å². The molecule has 3 aromatic heterocycles. The maximum atomic E-state index is 12.7. The lowest BCUT2D eigenvalue weighted by molar-refractivity contribution is -0.149. The molecular weight excluding hydrogens is 379 g/mol. The molecule has 1 unspecified atom stereocenters. The summed E-state index contributed by atoms with van der Waals surface area (Å²) >= 11 is 1.38. The highest BCUT2D eigenvalue weighted by Crippen LogP contribution is 2.32. The first-order valence-corrected chi connectivity index (χ1v) is 8.67. The minimum atomic E-state index is -4.55. The number of aryl methyl sites for hydroxylation is 2. The molecule has 0 aliphatic rings. The fourth-order valence-electron chi connectivity index (χ4n) is 2.53. The van der Waals surface area contributed by atoms with Crippen LogP contribution in [-0.2, 0) is 0 Å². The number of carbonyl (C=O) groups excluding carboxylic acids is 1. The molecule has 0 spiro atoms. The summed E-state index contributed by atoms with van der Waals surface area (Å²) in [5.41, 5.74) is 1.61. The number of fused-ring (bicyclic) bond motifs is 1. The molecule has 6 nitrogen and oxygen atoms in total. The highest BCUT2D eigenvalue weighted by molar-refractivity contribution is 7.15. The quantitative estimate of drug-likeness (QED) is 0.737. The lowest BCUT2D eigenvalue weighted by Crippen LogP contribution is -2.43. The third-order valence-corrected chi connectivity index (χ3v) is 5.01. The fraction of sp³-hybridized carbons (Fsp3) is 0.294. The molecule has 3 aromatic rings. The van der Waals surface area contributed by atoms with Gasteiger partial charge in [0.25, 0.3) is 5.91 Å².